The van der Waals surface area contributed by atoms with E-state index in [0.29, 0.717) is 5.56 Å². The molecule has 0 fully saturated rings. The lowest BCUT2D eigenvalue weighted by Crippen LogP contribution is -1.80. The van der Waals surface area contributed by atoms with Crippen LogP contribution in [0, 0.1) is 0 Å². The summed E-state index contributed by atoms with van der Waals surface area (Å²) in [6, 6.07) is 4.50. The van der Waals surface area contributed by atoms with E-state index in [-0.39, 0.29) is 11.5 Å². The van der Waals surface area contributed by atoms with Gasteiger partial charge in [0.05, 0.1) is 0 Å². The minimum absolute atomic E-state index is 0.155. The van der Waals surface area contributed by atoms with Crippen molar-refractivity contribution >= 4 is 6.08 Å². The molecular weight excluding hydrogens is 308 g/mol. The number of benzene rings is 1. The SMILES string of the molecule is CCCCCCCCCCCC=CC=CC=Cc1cc(O)ccc1O. The Bertz CT molecular complexity index is 541. The molecule has 25 heavy (non-hydrogen) atoms. The molecule has 2 nitrogen and oxygen atoms in total. The van der Waals surface area contributed by atoms with Crippen LogP contribution in [-0.2, 0) is 0 Å². The van der Waals surface area contributed by atoms with Crippen molar-refractivity contribution < 1.29 is 10.2 Å². The van der Waals surface area contributed by atoms with Gasteiger partial charge >= 0.3 is 0 Å². The second-order valence-corrected chi connectivity index (χ2v) is 6.53. The van der Waals surface area contributed by atoms with Crippen LogP contribution >= 0.6 is 0 Å². The fraction of sp³-hybridized carbons (Fsp3) is 0.478. The molecule has 0 saturated carbocycles. The minimum Gasteiger partial charge on any atom is -0.508 e. The molecule has 0 amide bonds. The summed E-state index contributed by atoms with van der Waals surface area (Å²) in [4.78, 5) is 0. The van der Waals surface area contributed by atoms with Gasteiger partial charge < -0.3 is 10.2 Å². The third kappa shape index (κ3) is 11.3. The second kappa shape index (κ2) is 14.4. The van der Waals surface area contributed by atoms with Crippen LogP contribution in [0.1, 0.15) is 76.7 Å². The van der Waals surface area contributed by atoms with Crippen molar-refractivity contribution in [3.63, 3.8) is 0 Å². The predicted molar refractivity (Wildman–Crippen MR) is 109 cm³/mol. The highest BCUT2D eigenvalue weighted by molar-refractivity contribution is 5.60. The van der Waals surface area contributed by atoms with Crippen LogP contribution < -0.4 is 0 Å². The first kappa shape index (κ1) is 21.1. The molecule has 1 aromatic carbocycles. The normalized spacial score (nSPS) is 12.0. The van der Waals surface area contributed by atoms with E-state index in [2.05, 4.69) is 19.1 Å². The van der Waals surface area contributed by atoms with Gasteiger partial charge in [-0.3, -0.25) is 0 Å². The smallest absolute Gasteiger partial charge is 0.123 e. The van der Waals surface area contributed by atoms with E-state index in [1.807, 2.05) is 18.2 Å². The van der Waals surface area contributed by atoms with E-state index in [4.69, 9.17) is 0 Å². The van der Waals surface area contributed by atoms with Gasteiger partial charge in [0.15, 0.2) is 0 Å². The maximum Gasteiger partial charge on any atom is 0.123 e. The molecule has 0 atom stereocenters. The van der Waals surface area contributed by atoms with Gasteiger partial charge in [-0.15, -0.1) is 0 Å². The molecule has 0 aliphatic carbocycles. The maximum absolute atomic E-state index is 9.65. The maximum atomic E-state index is 9.65. The number of allylic oxidation sites excluding steroid dienone is 5. The van der Waals surface area contributed by atoms with E-state index in [9.17, 15) is 10.2 Å². The highest BCUT2D eigenvalue weighted by atomic mass is 16.3. The van der Waals surface area contributed by atoms with Crippen LogP contribution in [0.3, 0.4) is 0 Å². The first-order valence-electron chi connectivity index (χ1n) is 9.76. The highest BCUT2D eigenvalue weighted by Gasteiger charge is 1.97. The van der Waals surface area contributed by atoms with E-state index < -0.39 is 0 Å². The summed E-state index contributed by atoms with van der Waals surface area (Å²) in [5, 5.41) is 19.0. The lowest BCUT2D eigenvalue weighted by molar-refractivity contribution is 0.459. The van der Waals surface area contributed by atoms with Crippen LogP contribution in [0.2, 0.25) is 0 Å². The second-order valence-electron chi connectivity index (χ2n) is 6.53. The van der Waals surface area contributed by atoms with Crippen LogP contribution in [0.4, 0.5) is 0 Å². The molecule has 2 heteroatoms. The van der Waals surface area contributed by atoms with Crippen molar-refractivity contribution in [3.8, 4) is 11.5 Å². The topological polar surface area (TPSA) is 40.5 Å². The Hall–Kier alpha value is -1.96. The molecule has 0 aliphatic rings. The Labute approximate surface area is 153 Å². The molecule has 0 heterocycles. The van der Waals surface area contributed by atoms with Gasteiger partial charge in [-0.05, 0) is 31.0 Å². The van der Waals surface area contributed by atoms with Crippen molar-refractivity contribution in [1.29, 1.82) is 0 Å². The van der Waals surface area contributed by atoms with Gasteiger partial charge in [0.2, 0.25) is 0 Å². The fourth-order valence-corrected chi connectivity index (χ4v) is 2.71. The zero-order valence-electron chi connectivity index (χ0n) is 15.7. The summed E-state index contributed by atoms with van der Waals surface area (Å²) in [5.41, 5.74) is 0.614. The Morgan fingerprint density at radius 3 is 2.12 bits per heavy atom. The monoisotopic (exact) mass is 342 g/mol. The third-order valence-corrected chi connectivity index (χ3v) is 4.23. The summed E-state index contributed by atoms with van der Waals surface area (Å²) >= 11 is 0. The highest BCUT2D eigenvalue weighted by Crippen LogP contribution is 2.23. The summed E-state index contributed by atoms with van der Waals surface area (Å²) in [6.45, 7) is 2.26. The first-order valence-corrected chi connectivity index (χ1v) is 9.76. The van der Waals surface area contributed by atoms with Crippen LogP contribution in [0.15, 0.2) is 48.6 Å². The van der Waals surface area contributed by atoms with Crippen molar-refractivity contribution in [2.24, 2.45) is 0 Å². The minimum atomic E-state index is 0.155. The standard InChI is InChI=1S/C23H34O2/c1-2-3-4-5-6-7-8-9-10-11-12-13-14-15-16-17-21-20-22(24)18-19-23(21)25/h12-20,24-25H,2-11H2,1H3. The Morgan fingerprint density at radius 1 is 0.760 bits per heavy atom. The zero-order valence-corrected chi connectivity index (χ0v) is 15.7. The largest absolute Gasteiger partial charge is 0.508 e. The zero-order chi connectivity index (χ0) is 18.2. The fourth-order valence-electron chi connectivity index (χ4n) is 2.71. The quantitative estimate of drug-likeness (QED) is 0.227. The van der Waals surface area contributed by atoms with Crippen molar-refractivity contribution in [1.82, 2.24) is 0 Å². The predicted octanol–water partition coefficient (Wildman–Crippen LogP) is 7.14. The summed E-state index contributed by atoms with van der Waals surface area (Å²) in [5.74, 6) is 0.325. The van der Waals surface area contributed by atoms with Gasteiger partial charge in [0, 0.05) is 5.56 Å². The van der Waals surface area contributed by atoms with Crippen LogP contribution in [-0.4, -0.2) is 10.2 Å². The lowest BCUT2D eigenvalue weighted by atomic mass is 10.1. The van der Waals surface area contributed by atoms with Gasteiger partial charge in [-0.1, -0.05) is 94.7 Å². The average molecular weight is 343 g/mol. The number of rotatable bonds is 13. The molecule has 0 spiro atoms. The van der Waals surface area contributed by atoms with E-state index in [1.54, 1.807) is 12.1 Å². The molecule has 0 aliphatic heterocycles. The molecule has 0 radical (unpaired) electrons. The molecule has 0 unspecified atom stereocenters. The Kier molecular flexibility index (Phi) is 12.1. The average Bonchev–Trinajstić information content (AvgIpc) is 2.61. The molecule has 2 N–H and O–H groups in total. The molecule has 0 bridgehead atoms. The molecule has 1 aromatic rings. The molecule has 0 aromatic heterocycles. The molecular formula is C23H34O2. The summed E-state index contributed by atoms with van der Waals surface area (Å²) in [6.07, 6.45) is 25.3. The number of hydrogen-bond donors (Lipinski definition) is 2. The third-order valence-electron chi connectivity index (χ3n) is 4.23. The summed E-state index contributed by atoms with van der Waals surface area (Å²) < 4.78 is 0. The van der Waals surface area contributed by atoms with Gasteiger partial charge in [0.25, 0.3) is 0 Å². The number of phenols is 2. The number of aromatic hydroxyl groups is 2. The molecule has 1 rings (SSSR count). The first-order chi connectivity index (χ1) is 12.2. The Morgan fingerprint density at radius 2 is 1.40 bits per heavy atom. The van der Waals surface area contributed by atoms with Gasteiger partial charge in [-0.25, -0.2) is 0 Å². The Balaban J connectivity index is 2.05. The lowest BCUT2D eigenvalue weighted by Gasteiger charge is -2.00. The van der Waals surface area contributed by atoms with Crippen molar-refractivity contribution in [3.05, 3.63) is 54.1 Å². The van der Waals surface area contributed by atoms with E-state index >= 15 is 0 Å². The van der Waals surface area contributed by atoms with E-state index in [1.165, 1.54) is 69.9 Å². The molecule has 138 valence electrons. The van der Waals surface area contributed by atoms with Gasteiger partial charge in [-0.2, -0.15) is 0 Å². The van der Waals surface area contributed by atoms with Crippen LogP contribution in [0.25, 0.3) is 6.08 Å². The summed E-state index contributed by atoms with van der Waals surface area (Å²) in [7, 11) is 0. The number of hydrogen-bond acceptors (Lipinski definition) is 2. The van der Waals surface area contributed by atoms with Crippen LogP contribution in [0.5, 0.6) is 11.5 Å². The van der Waals surface area contributed by atoms with Crippen molar-refractivity contribution in [2.75, 3.05) is 0 Å². The molecule has 0 saturated heterocycles. The van der Waals surface area contributed by atoms with Gasteiger partial charge in [0.1, 0.15) is 11.5 Å². The number of unbranched alkanes of at least 4 members (excludes halogenated alkanes) is 9. The van der Waals surface area contributed by atoms with E-state index in [0.717, 1.165) is 6.42 Å². The van der Waals surface area contributed by atoms with Crippen molar-refractivity contribution in [2.45, 2.75) is 71.1 Å². The number of phenolic OH excluding ortho intramolecular Hbond substituents is 2.